The Hall–Kier alpha value is -2.76. The predicted octanol–water partition coefficient (Wildman–Crippen LogP) is 2.41. The molecular weight excluding hydrogens is 266 g/mol. The van der Waals surface area contributed by atoms with E-state index >= 15 is 0 Å². The fraction of sp³-hybridized carbons (Fsp3) is 0.200. The lowest BCUT2D eigenvalue weighted by Gasteiger charge is -2.07. The van der Waals surface area contributed by atoms with Crippen LogP contribution < -0.4 is 5.32 Å². The topological polar surface area (TPSA) is 72.7 Å². The highest BCUT2D eigenvalue weighted by Crippen LogP contribution is 2.19. The highest BCUT2D eigenvalue weighted by atomic mass is 16.2. The minimum atomic E-state index is -0.312. The third kappa shape index (κ3) is 2.47. The largest absolute Gasteiger partial charge is 0.310 e. The van der Waals surface area contributed by atoms with E-state index in [9.17, 15) is 4.79 Å². The molecule has 3 rings (SSSR count). The molecule has 0 fully saturated rings. The van der Waals surface area contributed by atoms with Crippen molar-refractivity contribution >= 4 is 22.9 Å². The lowest BCUT2D eigenvalue weighted by atomic mass is 10.3. The molecule has 0 radical (unpaired) electrons. The van der Waals surface area contributed by atoms with Crippen molar-refractivity contribution < 1.29 is 4.79 Å². The maximum atomic E-state index is 12.2. The molecule has 3 aromatic rings. The third-order valence-corrected chi connectivity index (χ3v) is 3.21. The van der Waals surface area contributed by atoms with Gasteiger partial charge in [-0.2, -0.15) is 0 Å². The van der Waals surface area contributed by atoms with E-state index in [0.29, 0.717) is 5.95 Å². The zero-order chi connectivity index (χ0) is 14.8. The van der Waals surface area contributed by atoms with Gasteiger partial charge in [-0.05, 0) is 26.0 Å². The van der Waals surface area contributed by atoms with E-state index in [1.807, 2.05) is 42.7 Å². The Morgan fingerprint density at radius 1 is 1.24 bits per heavy atom. The maximum Gasteiger partial charge on any atom is 0.278 e. The molecule has 106 valence electrons. The van der Waals surface area contributed by atoms with E-state index in [2.05, 4.69) is 20.3 Å². The van der Waals surface area contributed by atoms with E-state index in [1.165, 1.54) is 6.20 Å². The fourth-order valence-corrected chi connectivity index (χ4v) is 2.17. The van der Waals surface area contributed by atoms with Crippen LogP contribution in [0.2, 0.25) is 0 Å². The van der Waals surface area contributed by atoms with Gasteiger partial charge >= 0.3 is 0 Å². The smallest absolute Gasteiger partial charge is 0.278 e. The fourth-order valence-electron chi connectivity index (χ4n) is 2.17. The number of amides is 1. The van der Waals surface area contributed by atoms with Crippen molar-refractivity contribution in [2.45, 2.75) is 20.4 Å². The van der Waals surface area contributed by atoms with E-state index in [1.54, 1.807) is 6.20 Å². The number of nitrogens with one attached hydrogen (secondary N) is 1. The molecule has 6 heteroatoms. The SMILES string of the molecule is CCn1c(NC(=O)c2cnc(C)cn2)nc2ccccc21. The molecule has 0 aliphatic carbocycles. The summed E-state index contributed by atoms with van der Waals surface area (Å²) in [6.45, 7) is 4.55. The quantitative estimate of drug-likeness (QED) is 0.800. The van der Waals surface area contributed by atoms with Crippen molar-refractivity contribution in [3.63, 3.8) is 0 Å². The van der Waals surface area contributed by atoms with Crippen molar-refractivity contribution in [1.29, 1.82) is 0 Å². The van der Waals surface area contributed by atoms with Gasteiger partial charge in [-0.1, -0.05) is 12.1 Å². The molecule has 0 saturated heterocycles. The molecule has 2 aromatic heterocycles. The number of fused-ring (bicyclic) bond motifs is 1. The van der Waals surface area contributed by atoms with Gasteiger partial charge in [-0.3, -0.25) is 15.1 Å². The lowest BCUT2D eigenvalue weighted by Crippen LogP contribution is -2.17. The Bertz CT molecular complexity index is 791. The monoisotopic (exact) mass is 281 g/mol. The number of imidazole rings is 1. The molecule has 6 nitrogen and oxygen atoms in total. The van der Waals surface area contributed by atoms with Crippen LogP contribution in [0.1, 0.15) is 23.1 Å². The summed E-state index contributed by atoms with van der Waals surface area (Å²) in [5.74, 6) is 0.207. The molecule has 0 atom stereocenters. The number of nitrogens with zero attached hydrogens (tertiary/aromatic N) is 4. The summed E-state index contributed by atoms with van der Waals surface area (Å²) >= 11 is 0. The predicted molar refractivity (Wildman–Crippen MR) is 80.1 cm³/mol. The van der Waals surface area contributed by atoms with Crippen LogP contribution in [0.3, 0.4) is 0 Å². The van der Waals surface area contributed by atoms with Crippen LogP contribution in [0.5, 0.6) is 0 Å². The number of aryl methyl sites for hydroxylation is 2. The molecule has 0 aliphatic heterocycles. The second-order valence-corrected chi connectivity index (χ2v) is 4.67. The average molecular weight is 281 g/mol. The Labute approximate surface area is 121 Å². The minimum Gasteiger partial charge on any atom is -0.310 e. The summed E-state index contributed by atoms with van der Waals surface area (Å²) in [7, 11) is 0. The number of carbonyl (C=O) groups is 1. The molecule has 1 amide bonds. The van der Waals surface area contributed by atoms with Crippen molar-refractivity contribution in [2.75, 3.05) is 5.32 Å². The molecule has 0 saturated carbocycles. The van der Waals surface area contributed by atoms with E-state index in [4.69, 9.17) is 0 Å². The third-order valence-electron chi connectivity index (χ3n) is 3.21. The van der Waals surface area contributed by atoms with Crippen LogP contribution >= 0.6 is 0 Å². The second kappa shape index (κ2) is 5.32. The van der Waals surface area contributed by atoms with Gasteiger partial charge in [0.15, 0.2) is 0 Å². The number of benzene rings is 1. The first-order chi connectivity index (χ1) is 10.2. The number of para-hydroxylation sites is 2. The average Bonchev–Trinajstić information content (AvgIpc) is 2.84. The zero-order valence-corrected chi connectivity index (χ0v) is 11.9. The number of rotatable bonds is 3. The Balaban J connectivity index is 1.94. The van der Waals surface area contributed by atoms with Gasteiger partial charge in [0.05, 0.1) is 22.9 Å². The number of carbonyl (C=O) groups excluding carboxylic acids is 1. The maximum absolute atomic E-state index is 12.2. The van der Waals surface area contributed by atoms with Gasteiger partial charge in [-0.25, -0.2) is 9.97 Å². The number of hydrogen-bond donors (Lipinski definition) is 1. The molecule has 0 bridgehead atoms. The van der Waals surface area contributed by atoms with Gasteiger partial charge in [0.25, 0.3) is 5.91 Å². The summed E-state index contributed by atoms with van der Waals surface area (Å²) in [5, 5.41) is 2.80. The van der Waals surface area contributed by atoms with E-state index in [0.717, 1.165) is 23.3 Å². The summed E-state index contributed by atoms with van der Waals surface area (Å²) in [6.07, 6.45) is 3.03. The minimum absolute atomic E-state index is 0.273. The van der Waals surface area contributed by atoms with Gasteiger partial charge in [-0.15, -0.1) is 0 Å². The highest BCUT2D eigenvalue weighted by molar-refractivity contribution is 6.02. The van der Waals surface area contributed by atoms with Crippen molar-refractivity contribution in [2.24, 2.45) is 0 Å². The zero-order valence-electron chi connectivity index (χ0n) is 11.9. The summed E-state index contributed by atoms with van der Waals surface area (Å²) < 4.78 is 1.95. The van der Waals surface area contributed by atoms with Gasteiger partial charge < -0.3 is 4.57 Å². The van der Waals surface area contributed by atoms with Gasteiger partial charge in [0, 0.05) is 12.7 Å². The standard InChI is InChI=1S/C15H15N5O/c1-3-20-13-7-5-4-6-11(13)18-15(20)19-14(21)12-9-16-10(2)8-17-12/h4-9H,3H2,1-2H3,(H,18,19,21). The summed E-state index contributed by atoms with van der Waals surface area (Å²) in [6, 6.07) is 7.77. The Kier molecular flexibility index (Phi) is 3.35. The van der Waals surface area contributed by atoms with Crippen LogP contribution in [0.25, 0.3) is 11.0 Å². The van der Waals surface area contributed by atoms with Crippen LogP contribution in [0, 0.1) is 6.92 Å². The summed E-state index contributed by atoms with van der Waals surface area (Å²) in [4.78, 5) is 24.8. The van der Waals surface area contributed by atoms with Crippen LogP contribution in [0.4, 0.5) is 5.95 Å². The van der Waals surface area contributed by atoms with E-state index < -0.39 is 0 Å². The molecule has 1 N–H and O–H groups in total. The molecule has 21 heavy (non-hydrogen) atoms. The van der Waals surface area contributed by atoms with E-state index in [-0.39, 0.29) is 11.6 Å². The van der Waals surface area contributed by atoms with Crippen molar-refractivity contribution in [3.05, 3.63) is 48.0 Å². The summed E-state index contributed by atoms with van der Waals surface area (Å²) in [5.41, 5.74) is 2.89. The molecule has 2 heterocycles. The van der Waals surface area contributed by atoms with Crippen LogP contribution in [0.15, 0.2) is 36.7 Å². The highest BCUT2D eigenvalue weighted by Gasteiger charge is 2.14. The molecule has 0 aliphatic rings. The number of hydrogen-bond acceptors (Lipinski definition) is 4. The van der Waals surface area contributed by atoms with Gasteiger partial charge in [0.1, 0.15) is 5.69 Å². The van der Waals surface area contributed by atoms with Crippen LogP contribution in [-0.2, 0) is 6.54 Å². The Morgan fingerprint density at radius 3 is 2.76 bits per heavy atom. The number of aromatic nitrogens is 4. The second-order valence-electron chi connectivity index (χ2n) is 4.67. The van der Waals surface area contributed by atoms with Crippen LogP contribution in [-0.4, -0.2) is 25.4 Å². The first-order valence-corrected chi connectivity index (χ1v) is 6.74. The molecule has 0 spiro atoms. The molecular formula is C15H15N5O. The number of anilines is 1. The van der Waals surface area contributed by atoms with Gasteiger partial charge in [0.2, 0.25) is 5.95 Å². The first kappa shape index (κ1) is 13.2. The van der Waals surface area contributed by atoms with Crippen molar-refractivity contribution in [1.82, 2.24) is 19.5 Å². The molecule has 1 aromatic carbocycles. The normalized spacial score (nSPS) is 10.8. The molecule has 0 unspecified atom stereocenters. The lowest BCUT2D eigenvalue weighted by molar-refractivity contribution is 0.102. The Morgan fingerprint density at radius 2 is 2.05 bits per heavy atom. The van der Waals surface area contributed by atoms with Crippen molar-refractivity contribution in [3.8, 4) is 0 Å². The first-order valence-electron chi connectivity index (χ1n) is 6.74.